The van der Waals surface area contributed by atoms with Crippen LogP contribution in [0, 0.1) is 17.8 Å². The topological polar surface area (TPSA) is 72.2 Å². The van der Waals surface area contributed by atoms with Crippen LogP contribution in [0.15, 0.2) is 18.2 Å². The summed E-state index contributed by atoms with van der Waals surface area (Å²) < 4.78 is 0. The SMILES string of the molecule is NC(=O)c1cc(NC(=O)CC2CC3CCC2C3)ccc1Cl. The first-order chi connectivity index (χ1) is 10.0. The molecule has 2 saturated carbocycles. The van der Waals surface area contributed by atoms with Gasteiger partial charge in [-0.05, 0) is 55.2 Å². The van der Waals surface area contributed by atoms with Crippen molar-refractivity contribution in [3.05, 3.63) is 28.8 Å². The Balaban J connectivity index is 1.62. The fraction of sp³-hybridized carbons (Fsp3) is 0.500. The highest BCUT2D eigenvalue weighted by molar-refractivity contribution is 6.33. The molecule has 2 bridgehead atoms. The molecule has 4 nitrogen and oxygen atoms in total. The molecule has 0 aromatic heterocycles. The van der Waals surface area contributed by atoms with Crippen LogP contribution in [0.1, 0.15) is 42.5 Å². The first-order valence-electron chi connectivity index (χ1n) is 7.42. The van der Waals surface area contributed by atoms with Crippen LogP contribution in [0.3, 0.4) is 0 Å². The molecule has 3 rings (SSSR count). The molecule has 0 heterocycles. The molecule has 2 fully saturated rings. The number of nitrogens with two attached hydrogens (primary N) is 1. The molecule has 3 unspecified atom stereocenters. The molecular weight excluding hydrogens is 288 g/mol. The number of hydrogen-bond acceptors (Lipinski definition) is 2. The van der Waals surface area contributed by atoms with Gasteiger partial charge in [0.15, 0.2) is 0 Å². The number of hydrogen-bond donors (Lipinski definition) is 2. The lowest BCUT2D eigenvalue weighted by Crippen LogP contribution is -2.20. The normalized spacial score (nSPS) is 26.8. The minimum Gasteiger partial charge on any atom is -0.366 e. The van der Waals surface area contributed by atoms with Crippen LogP contribution in [-0.2, 0) is 4.79 Å². The minimum atomic E-state index is -0.593. The third kappa shape index (κ3) is 3.05. The number of primary amides is 1. The van der Waals surface area contributed by atoms with E-state index in [1.165, 1.54) is 31.7 Å². The highest BCUT2D eigenvalue weighted by atomic mass is 35.5. The van der Waals surface area contributed by atoms with Gasteiger partial charge in [-0.15, -0.1) is 0 Å². The lowest BCUT2D eigenvalue weighted by molar-refractivity contribution is -0.117. The van der Waals surface area contributed by atoms with Gasteiger partial charge in [0.25, 0.3) is 0 Å². The molecule has 112 valence electrons. The highest BCUT2D eigenvalue weighted by Crippen LogP contribution is 2.49. The first-order valence-corrected chi connectivity index (χ1v) is 7.80. The quantitative estimate of drug-likeness (QED) is 0.896. The molecule has 1 aromatic rings. The number of rotatable bonds is 4. The fourth-order valence-electron chi connectivity index (χ4n) is 3.87. The number of anilines is 1. The van der Waals surface area contributed by atoms with Crippen LogP contribution in [0.4, 0.5) is 5.69 Å². The zero-order chi connectivity index (χ0) is 15.0. The molecule has 2 aliphatic rings. The maximum atomic E-state index is 12.2. The van der Waals surface area contributed by atoms with E-state index in [4.69, 9.17) is 17.3 Å². The Hall–Kier alpha value is -1.55. The molecule has 3 N–H and O–H groups in total. The molecule has 1 aromatic carbocycles. The number of carbonyl (C=O) groups is 2. The van der Waals surface area contributed by atoms with Gasteiger partial charge in [-0.25, -0.2) is 0 Å². The summed E-state index contributed by atoms with van der Waals surface area (Å²) in [5.41, 5.74) is 6.05. The van der Waals surface area contributed by atoms with Crippen molar-refractivity contribution in [3.63, 3.8) is 0 Å². The Labute approximate surface area is 129 Å². The highest BCUT2D eigenvalue weighted by Gasteiger charge is 2.40. The summed E-state index contributed by atoms with van der Waals surface area (Å²) in [6.07, 6.45) is 5.66. The number of benzene rings is 1. The molecular formula is C16H19ClN2O2. The molecule has 5 heteroatoms. The first kappa shape index (κ1) is 14.4. The number of amides is 2. The standard InChI is InChI=1S/C16H19ClN2O2/c17-14-4-3-12(8-13(14)16(18)21)19-15(20)7-11-6-9-1-2-10(11)5-9/h3-4,8-11H,1-2,5-7H2,(H2,18,21)(H,19,20). The summed E-state index contributed by atoms with van der Waals surface area (Å²) in [4.78, 5) is 23.4. The second kappa shape index (κ2) is 5.68. The van der Waals surface area contributed by atoms with Gasteiger partial charge in [-0.1, -0.05) is 18.0 Å². The van der Waals surface area contributed by atoms with Crippen molar-refractivity contribution in [1.82, 2.24) is 0 Å². The molecule has 0 radical (unpaired) electrons. The van der Waals surface area contributed by atoms with Gasteiger partial charge in [-0.3, -0.25) is 9.59 Å². The molecule has 0 saturated heterocycles. The zero-order valence-corrected chi connectivity index (χ0v) is 12.5. The minimum absolute atomic E-state index is 0.00490. The Kier molecular flexibility index (Phi) is 3.89. The van der Waals surface area contributed by atoms with Crippen LogP contribution in [0.25, 0.3) is 0 Å². The van der Waals surface area contributed by atoms with Crippen molar-refractivity contribution in [2.75, 3.05) is 5.32 Å². The lowest BCUT2D eigenvalue weighted by Gasteiger charge is -2.21. The van der Waals surface area contributed by atoms with Crippen molar-refractivity contribution in [3.8, 4) is 0 Å². The average molecular weight is 307 g/mol. The van der Waals surface area contributed by atoms with E-state index in [9.17, 15) is 9.59 Å². The monoisotopic (exact) mass is 306 g/mol. The summed E-state index contributed by atoms with van der Waals surface area (Å²) in [5, 5.41) is 3.15. The number of halogens is 1. The van der Waals surface area contributed by atoms with Gasteiger partial charge >= 0.3 is 0 Å². The summed E-state index contributed by atoms with van der Waals surface area (Å²) >= 11 is 5.89. The average Bonchev–Trinajstić information content (AvgIpc) is 3.03. The van der Waals surface area contributed by atoms with Crippen LogP contribution < -0.4 is 11.1 Å². The van der Waals surface area contributed by atoms with Gasteiger partial charge in [0, 0.05) is 12.1 Å². The predicted molar refractivity (Wildman–Crippen MR) is 82.2 cm³/mol. The van der Waals surface area contributed by atoms with Gasteiger partial charge in [0.1, 0.15) is 0 Å². The van der Waals surface area contributed by atoms with E-state index in [-0.39, 0.29) is 11.5 Å². The van der Waals surface area contributed by atoms with Gasteiger partial charge in [0.2, 0.25) is 11.8 Å². The molecule has 3 atom stereocenters. The summed E-state index contributed by atoms with van der Waals surface area (Å²) in [6, 6.07) is 4.80. The summed E-state index contributed by atoms with van der Waals surface area (Å²) in [7, 11) is 0. The number of fused-ring (bicyclic) bond motifs is 2. The maximum Gasteiger partial charge on any atom is 0.250 e. The smallest absolute Gasteiger partial charge is 0.250 e. The van der Waals surface area contributed by atoms with Crippen LogP contribution >= 0.6 is 11.6 Å². The third-order valence-electron chi connectivity index (χ3n) is 4.85. The van der Waals surface area contributed by atoms with Gasteiger partial charge in [0.05, 0.1) is 10.6 Å². The van der Waals surface area contributed by atoms with Crippen molar-refractivity contribution < 1.29 is 9.59 Å². The van der Waals surface area contributed by atoms with E-state index in [1.807, 2.05) is 0 Å². The van der Waals surface area contributed by atoms with E-state index in [1.54, 1.807) is 12.1 Å². The largest absolute Gasteiger partial charge is 0.366 e. The number of nitrogens with one attached hydrogen (secondary N) is 1. The van der Waals surface area contributed by atoms with E-state index < -0.39 is 5.91 Å². The van der Waals surface area contributed by atoms with Crippen molar-refractivity contribution >= 4 is 29.1 Å². The fourth-order valence-corrected chi connectivity index (χ4v) is 4.08. The predicted octanol–water partition coefficient (Wildman–Crippen LogP) is 3.20. The second-order valence-electron chi connectivity index (χ2n) is 6.25. The van der Waals surface area contributed by atoms with Crippen molar-refractivity contribution in [1.29, 1.82) is 0 Å². The Morgan fingerprint density at radius 1 is 1.29 bits per heavy atom. The summed E-state index contributed by atoms with van der Waals surface area (Å²) in [6.45, 7) is 0. The second-order valence-corrected chi connectivity index (χ2v) is 6.65. The molecule has 21 heavy (non-hydrogen) atoms. The Morgan fingerprint density at radius 2 is 2.10 bits per heavy atom. The van der Waals surface area contributed by atoms with Crippen LogP contribution in [-0.4, -0.2) is 11.8 Å². The molecule has 2 aliphatic carbocycles. The van der Waals surface area contributed by atoms with Crippen LogP contribution in [0.5, 0.6) is 0 Å². The van der Waals surface area contributed by atoms with E-state index >= 15 is 0 Å². The Bertz CT molecular complexity index is 588. The maximum absolute atomic E-state index is 12.2. The van der Waals surface area contributed by atoms with Gasteiger partial charge in [-0.2, -0.15) is 0 Å². The van der Waals surface area contributed by atoms with Crippen LogP contribution in [0.2, 0.25) is 5.02 Å². The summed E-state index contributed by atoms with van der Waals surface area (Å²) in [5.74, 6) is 1.50. The van der Waals surface area contributed by atoms with E-state index in [0.29, 0.717) is 23.0 Å². The van der Waals surface area contributed by atoms with Crippen molar-refractivity contribution in [2.24, 2.45) is 23.5 Å². The molecule has 0 aliphatic heterocycles. The van der Waals surface area contributed by atoms with Gasteiger partial charge < -0.3 is 11.1 Å². The lowest BCUT2D eigenvalue weighted by atomic mass is 9.86. The Morgan fingerprint density at radius 3 is 2.71 bits per heavy atom. The van der Waals surface area contributed by atoms with Crippen molar-refractivity contribution in [2.45, 2.75) is 32.1 Å². The number of carbonyl (C=O) groups excluding carboxylic acids is 2. The third-order valence-corrected chi connectivity index (χ3v) is 5.18. The molecule has 2 amide bonds. The zero-order valence-electron chi connectivity index (χ0n) is 11.8. The van der Waals surface area contributed by atoms with E-state index in [2.05, 4.69) is 5.32 Å². The van der Waals surface area contributed by atoms with E-state index in [0.717, 1.165) is 11.8 Å². The molecule has 0 spiro atoms.